The van der Waals surface area contributed by atoms with Gasteiger partial charge in [0.05, 0.1) is 30.7 Å². The van der Waals surface area contributed by atoms with Gasteiger partial charge in [0.15, 0.2) is 0 Å². The van der Waals surface area contributed by atoms with Crippen molar-refractivity contribution in [2.24, 2.45) is 0 Å². The van der Waals surface area contributed by atoms with Gasteiger partial charge in [-0.2, -0.15) is 36.9 Å². The van der Waals surface area contributed by atoms with Gasteiger partial charge in [-0.25, -0.2) is 24.7 Å². The molecule has 508 valence electrons. The lowest BCUT2D eigenvalue weighted by Crippen LogP contribution is -2.50. The van der Waals surface area contributed by atoms with E-state index in [9.17, 15) is 41.7 Å². The number of carbonyl (C=O) groups excluding carboxylic acids is 1. The van der Waals surface area contributed by atoms with E-state index in [-0.39, 0.29) is 35.4 Å². The summed E-state index contributed by atoms with van der Waals surface area (Å²) >= 11 is 2.15. The van der Waals surface area contributed by atoms with E-state index >= 15 is 0 Å². The molecule has 2 aromatic carbocycles. The van der Waals surface area contributed by atoms with Crippen LogP contribution >= 0.6 is 22.7 Å². The number of hydrogen-bond acceptors (Lipinski definition) is 18. The molecule has 0 aliphatic carbocycles. The number of aryl methyl sites for hydroxylation is 2. The van der Waals surface area contributed by atoms with Crippen LogP contribution in [0.4, 0.5) is 42.8 Å². The summed E-state index contributed by atoms with van der Waals surface area (Å²) in [5.41, 5.74) is 6.67. The number of halogens is 6. The van der Waals surface area contributed by atoms with Gasteiger partial charge in [-0.05, 0) is 140 Å². The highest BCUT2D eigenvalue weighted by Crippen LogP contribution is 2.38. The van der Waals surface area contributed by atoms with Crippen molar-refractivity contribution in [3.05, 3.63) is 99.0 Å². The number of carbonyl (C=O) groups is 1. The average Bonchev–Trinajstić information content (AvgIpc) is 1.65. The molecule has 12 heterocycles. The first-order valence-corrected chi connectivity index (χ1v) is 34.0. The molecule has 4 bridgehead atoms. The molecule has 6 saturated heterocycles. The van der Waals surface area contributed by atoms with E-state index in [4.69, 9.17) is 9.47 Å². The molecule has 6 fully saturated rings. The van der Waals surface area contributed by atoms with E-state index in [2.05, 4.69) is 102 Å². The summed E-state index contributed by atoms with van der Waals surface area (Å²) in [6.07, 6.45) is -1.68. The Morgan fingerprint density at radius 1 is 0.674 bits per heavy atom. The second-order valence-corrected chi connectivity index (χ2v) is 28.8. The van der Waals surface area contributed by atoms with Gasteiger partial charge in [-0.3, -0.25) is 14.7 Å². The molecular formula is C68H84F6N16O3S2. The summed E-state index contributed by atoms with van der Waals surface area (Å²) in [4.78, 5) is 40.3. The van der Waals surface area contributed by atoms with Crippen LogP contribution in [0.15, 0.2) is 61.2 Å². The summed E-state index contributed by atoms with van der Waals surface area (Å²) in [6, 6.07) is 22.6. The minimum absolute atomic E-state index is 0. The number of methoxy groups -OCH3 is 1. The highest BCUT2D eigenvalue weighted by Gasteiger charge is 2.46. The molecule has 95 heavy (non-hydrogen) atoms. The monoisotopic (exact) mass is 1350 g/mol. The van der Waals surface area contributed by atoms with Gasteiger partial charge >= 0.3 is 18.4 Å². The third kappa shape index (κ3) is 16.0. The number of thiophene rings is 2. The first-order chi connectivity index (χ1) is 45.0. The van der Waals surface area contributed by atoms with Crippen molar-refractivity contribution < 1.29 is 40.6 Å². The standard InChI is InChI=1S/C31H35F3N8S.C23H30N4O3.C13H15F3N4S.CH4/c1-19-20(2-3-28-26(19)11-23(14-35)42(28)9-8-41-17-22-10-24(41)15-36-22)16-40-6-4-21(5-7-40)39-29-27-12-25(13-31(32,33)34)43-30(27)38-18-37-29;1-15-19-11-16(12-24)26(20(19)6-7-21(15)29-5)9-8-25-13-18-10-17(25)14-27(18)22(28)30-23(2,3)4;14-13(15,16)6-9-5-10-11(18-7-19-12(10)21-9)20-8-1-3-17-4-2-8;/h2-3,11-12,18,21-22,24,36H,4-10,13,15-17H2,1H3,(H,37,38,39);6-7,11,17-18H,8-10,13-14H2,1-5H3;5,7-8,17H,1-4,6H2,(H,18,19,20);1H4. The maximum Gasteiger partial charge on any atom is 0.410 e. The Bertz CT molecular complexity index is 4110. The molecule has 27 heteroatoms. The molecule has 4 N–H and O–H groups in total. The zero-order valence-electron chi connectivity index (χ0n) is 53.8. The molecule has 19 nitrogen and oxygen atoms in total. The molecule has 6 aliphatic rings. The van der Waals surface area contributed by atoms with Gasteiger partial charge in [-0.1, -0.05) is 13.5 Å². The van der Waals surface area contributed by atoms with Crippen LogP contribution in [0.25, 0.3) is 42.2 Å². The maximum atomic E-state index is 12.9. The highest BCUT2D eigenvalue weighted by molar-refractivity contribution is 7.19. The number of hydrogen-bond donors (Lipinski definition) is 4. The number of amides is 1. The number of nitrogens with one attached hydrogen (secondary N) is 4. The number of piperazine rings is 2. The van der Waals surface area contributed by atoms with Crippen LogP contribution in [0.3, 0.4) is 0 Å². The van der Waals surface area contributed by atoms with Crippen LogP contribution in [0.5, 0.6) is 5.75 Å². The van der Waals surface area contributed by atoms with Crippen LogP contribution in [-0.4, -0.2) is 182 Å². The molecule has 14 rings (SSSR count). The number of rotatable bonds is 15. The summed E-state index contributed by atoms with van der Waals surface area (Å²) in [5.74, 6) is 2.08. The summed E-state index contributed by atoms with van der Waals surface area (Å²) in [7, 11) is 1.67. The fraction of sp³-hybridized carbons (Fsp3) is 0.544. The zero-order chi connectivity index (χ0) is 66.2. The largest absolute Gasteiger partial charge is 0.496 e. The molecular weight excluding hydrogens is 1270 g/mol. The van der Waals surface area contributed by atoms with Gasteiger partial charge < -0.3 is 44.8 Å². The second-order valence-electron chi connectivity index (χ2n) is 26.6. The number of anilines is 2. The van der Waals surface area contributed by atoms with Gasteiger partial charge in [0.2, 0.25) is 0 Å². The van der Waals surface area contributed by atoms with Crippen LogP contribution in [0, 0.1) is 36.5 Å². The van der Waals surface area contributed by atoms with Gasteiger partial charge in [0, 0.05) is 145 Å². The number of fused-ring (bicyclic) bond motifs is 8. The van der Waals surface area contributed by atoms with Crippen LogP contribution in [0.2, 0.25) is 0 Å². The van der Waals surface area contributed by atoms with Gasteiger partial charge in [0.1, 0.15) is 68.8 Å². The highest BCUT2D eigenvalue weighted by atomic mass is 32.1. The first kappa shape index (κ1) is 69.0. The van der Waals surface area contributed by atoms with Crippen molar-refractivity contribution in [3.8, 4) is 17.9 Å². The molecule has 6 aliphatic heterocycles. The van der Waals surface area contributed by atoms with E-state index in [1.54, 1.807) is 19.2 Å². The average molecular weight is 1350 g/mol. The third-order valence-electron chi connectivity index (χ3n) is 19.1. The Kier molecular flexibility index (Phi) is 20.9. The number of nitriles is 2. The minimum atomic E-state index is -4.25. The number of ether oxygens (including phenoxy) is 2. The van der Waals surface area contributed by atoms with Crippen molar-refractivity contribution in [1.82, 2.24) is 59.3 Å². The Labute approximate surface area is 557 Å². The van der Waals surface area contributed by atoms with Gasteiger partial charge in [0.25, 0.3) is 0 Å². The molecule has 0 spiro atoms. The molecule has 0 saturated carbocycles. The minimum Gasteiger partial charge on any atom is -0.496 e. The lowest BCUT2D eigenvalue weighted by Gasteiger charge is -2.35. The van der Waals surface area contributed by atoms with E-state index < -0.39 is 30.8 Å². The molecule has 6 aromatic heterocycles. The van der Waals surface area contributed by atoms with E-state index in [1.807, 2.05) is 50.8 Å². The van der Waals surface area contributed by atoms with E-state index in [0.717, 1.165) is 172 Å². The Hall–Kier alpha value is -7.37. The molecule has 4 unspecified atom stereocenters. The number of likely N-dealkylation sites (tertiary alicyclic amines) is 4. The third-order valence-corrected chi connectivity index (χ3v) is 21.2. The molecule has 8 aromatic rings. The Balaban J connectivity index is 0.000000154. The van der Waals surface area contributed by atoms with Crippen LogP contribution in [0.1, 0.15) is 105 Å². The Morgan fingerprint density at radius 2 is 1.22 bits per heavy atom. The number of nitrogens with zero attached hydrogens (tertiary/aromatic N) is 12. The van der Waals surface area contributed by atoms with Crippen LogP contribution in [-0.2, 0) is 37.2 Å². The number of alkyl halides is 6. The topological polar surface area (TPSA) is 206 Å². The number of benzene rings is 2. The quantitative estimate of drug-likeness (QED) is 0.0705. The predicted octanol–water partition coefficient (Wildman–Crippen LogP) is 12.2. The Morgan fingerprint density at radius 3 is 1.72 bits per heavy atom. The lowest BCUT2D eigenvalue weighted by atomic mass is 10.0. The smallest absolute Gasteiger partial charge is 0.410 e. The molecule has 0 radical (unpaired) electrons. The van der Waals surface area contributed by atoms with Crippen LogP contribution < -0.4 is 26.0 Å². The summed E-state index contributed by atoms with van der Waals surface area (Å²) < 4.78 is 91.5. The van der Waals surface area contributed by atoms with Crippen molar-refractivity contribution in [3.63, 3.8) is 0 Å². The number of piperidine rings is 2. The first-order valence-electron chi connectivity index (χ1n) is 32.3. The summed E-state index contributed by atoms with van der Waals surface area (Å²) in [5, 5.41) is 36.8. The molecule has 4 atom stereocenters. The fourth-order valence-electron chi connectivity index (χ4n) is 14.4. The van der Waals surface area contributed by atoms with E-state index in [0.29, 0.717) is 68.5 Å². The summed E-state index contributed by atoms with van der Waals surface area (Å²) in [6.45, 7) is 21.6. The maximum absolute atomic E-state index is 12.9. The van der Waals surface area contributed by atoms with E-state index in [1.165, 1.54) is 30.2 Å². The normalized spacial score (nSPS) is 20.4. The van der Waals surface area contributed by atoms with Crippen molar-refractivity contribution in [2.75, 3.05) is 83.2 Å². The van der Waals surface area contributed by atoms with Crippen molar-refractivity contribution in [1.29, 1.82) is 10.5 Å². The van der Waals surface area contributed by atoms with Gasteiger partial charge in [-0.15, -0.1) is 22.7 Å². The molecule has 1 amide bonds. The SMILES string of the molecule is C.COc1ccc2c(cc(C#N)n2CCN2CC3CC2CN3C(=O)OC(C)(C)C)c1C.Cc1c(CN2CCC(Nc3ncnc4sc(CC(F)(F)F)cc34)CC2)ccc2c1cc(C#N)n2CCN1CC2CC1CN2.FC(F)(F)Cc1cc2c(NC3CCNCC3)ncnc2s1. The van der Waals surface area contributed by atoms with Crippen molar-refractivity contribution >= 4 is 82.6 Å². The second kappa shape index (κ2) is 28.8. The fourth-order valence-corrected chi connectivity index (χ4v) is 16.5. The zero-order valence-corrected chi connectivity index (χ0v) is 55.4. The predicted molar refractivity (Wildman–Crippen MR) is 360 cm³/mol. The number of aromatic nitrogens is 6. The lowest BCUT2D eigenvalue weighted by molar-refractivity contribution is -0.127. The van der Waals surface area contributed by atoms with Crippen molar-refractivity contribution in [2.45, 2.75) is 167 Å².